The number of rotatable bonds is 30. The highest BCUT2D eigenvalue weighted by atomic mass is 31.2. The maximum Gasteiger partial charge on any atom is 0.280 e. The molecule has 2 saturated heterocycles. The van der Waals surface area contributed by atoms with Crippen molar-refractivity contribution in [2.45, 2.75) is 255 Å². The molecule has 121 heavy (non-hydrogen) atoms. The number of aliphatic hydroxyl groups is 1. The number of nitrogens with zero attached hydrogens (tertiary/aromatic N) is 8. The van der Waals surface area contributed by atoms with E-state index in [1.54, 1.807) is 32.3 Å². The number of H-pyrrole nitrogens is 2. The first-order valence-electron chi connectivity index (χ1n) is 41.0. The first-order valence-corrected chi connectivity index (χ1v) is 48.0. The Morgan fingerprint density at radius 3 is 1.22 bits per heavy atom. The molecule has 10 aromatic rings. The molecule has 12 rings (SSSR count). The average Bonchev–Trinajstić information content (AvgIpc) is 1.74. The third-order valence-electron chi connectivity index (χ3n) is 23.0. The number of nitrogens with one attached hydrogen (secondary N) is 4. The van der Waals surface area contributed by atoms with Gasteiger partial charge in [0.2, 0.25) is 23.7 Å². The fourth-order valence-corrected chi connectivity index (χ4v) is 18.6. The summed E-state index contributed by atoms with van der Waals surface area (Å²) in [6.45, 7) is 45.5. The standard InChI is InChI=1S/C50H68N7O7PSi.C41H51N5O6Si.2CH4/c1-32(2)45(58)54-48-53-44-41(46(59)55-48)52-31-56(44)47-43(63-65(61-29-17-28-51)57(33(3)4)34(5)6)42(64-66(12,13)49(9,10)11)40(62-47)30-60-50(37-18-15-14-16-19-37,38-24-20-35(7)21-25-38)39-26-22-36(8)23-27-39;1-25(2)36(48)44-39-43-35-32(37(49)45-39)42-24-46(35)38-33(47)34(52-53(8,9)40(5,6)7)31(51-38)23-50-41(28-13-11-10-12-14-28,29-19-15-26(3)16-20-29)30-21-17-27(4)18-22-30;;/h14-16,18-27,31-34,40,42-43,47H,17,29-30H2,1-13H3,(H2,53,54,55,58,59);10-22,24-25,31,33-34,38,47H,23H2,1-9H3,(H2,43,44,45,48,49);2*1H4/t40-,42+,43?,47-,65?;31-,33?,34+,38-;;/m11../s1. The lowest BCUT2D eigenvalue weighted by Crippen LogP contribution is -2.51. The van der Waals surface area contributed by atoms with Crippen molar-refractivity contribution >= 4 is 71.2 Å². The average molecular weight is 1710 g/mol. The number of aryl methyl sites for hydroxylation is 4. The Hall–Kier alpha value is -9.09. The third kappa shape index (κ3) is 21.1. The second-order valence-corrected chi connectivity index (χ2v) is 46.3. The number of hydrogen-bond donors (Lipinski definition) is 5. The largest absolute Gasteiger partial charge is 0.408 e. The summed E-state index contributed by atoms with van der Waals surface area (Å²) in [5.41, 5.74) is 7.35. The van der Waals surface area contributed by atoms with Crippen molar-refractivity contribution < 1.29 is 51.5 Å². The summed E-state index contributed by atoms with van der Waals surface area (Å²) < 4.78 is 62.6. The zero-order valence-electron chi connectivity index (χ0n) is 72.8. The quantitative estimate of drug-likeness (QED) is 0.0121. The molecule has 2 fully saturated rings. The van der Waals surface area contributed by atoms with Crippen LogP contribution in [-0.4, -0.2) is 146 Å². The summed E-state index contributed by atoms with van der Waals surface area (Å²) in [5.74, 6) is -1.36. The topological polar surface area (TPSA) is 306 Å². The first kappa shape index (κ1) is 95.7. The summed E-state index contributed by atoms with van der Waals surface area (Å²) in [6.07, 6.45) is -4.06. The van der Waals surface area contributed by atoms with Gasteiger partial charge in [0.05, 0.1) is 45.0 Å². The van der Waals surface area contributed by atoms with Crippen molar-refractivity contribution in [1.29, 1.82) is 5.26 Å². The van der Waals surface area contributed by atoms with Crippen LogP contribution in [0.1, 0.15) is 186 Å². The normalized spacial score (nSPS) is 18.8. The molecule has 2 aliphatic rings. The van der Waals surface area contributed by atoms with Crippen LogP contribution < -0.4 is 21.8 Å². The predicted molar refractivity (Wildman–Crippen MR) is 484 cm³/mol. The van der Waals surface area contributed by atoms with Crippen molar-refractivity contribution in [3.05, 3.63) is 247 Å². The van der Waals surface area contributed by atoms with Gasteiger partial charge in [0, 0.05) is 23.9 Å². The molecule has 650 valence electrons. The fourth-order valence-electron chi connectivity index (χ4n) is 14.3. The van der Waals surface area contributed by atoms with Crippen LogP contribution in [0.2, 0.25) is 36.3 Å². The van der Waals surface area contributed by atoms with Gasteiger partial charge in [-0.3, -0.25) is 48.9 Å². The summed E-state index contributed by atoms with van der Waals surface area (Å²) in [6, 6.07) is 56.1. The molecule has 0 saturated carbocycles. The smallest absolute Gasteiger partial charge is 0.280 e. The number of hydrogen-bond acceptors (Lipinski definition) is 19. The van der Waals surface area contributed by atoms with Crippen LogP contribution in [-0.2, 0) is 57.6 Å². The van der Waals surface area contributed by atoms with Crippen LogP contribution in [0.15, 0.2) is 180 Å². The Morgan fingerprint density at radius 2 is 0.876 bits per heavy atom. The van der Waals surface area contributed by atoms with Gasteiger partial charge < -0.3 is 42.0 Å². The van der Waals surface area contributed by atoms with Crippen LogP contribution in [0.25, 0.3) is 22.3 Å². The number of ether oxygens (including phenoxy) is 4. The van der Waals surface area contributed by atoms with Crippen LogP contribution >= 0.6 is 8.53 Å². The van der Waals surface area contributed by atoms with Gasteiger partial charge in [-0.25, -0.2) is 14.6 Å². The van der Waals surface area contributed by atoms with E-state index in [-0.39, 0.29) is 121 Å². The molecule has 28 heteroatoms. The number of amides is 2. The highest BCUT2D eigenvalue weighted by Gasteiger charge is 2.56. The number of carbonyl (C=O) groups is 2. The monoisotopic (exact) mass is 1710 g/mol. The summed E-state index contributed by atoms with van der Waals surface area (Å²) >= 11 is 0. The minimum absolute atomic E-state index is 0. The lowest BCUT2D eigenvalue weighted by Gasteiger charge is -2.43. The molecule has 6 heterocycles. The zero-order valence-corrected chi connectivity index (χ0v) is 75.7. The van der Waals surface area contributed by atoms with Gasteiger partial charge in [0.25, 0.3) is 19.6 Å². The number of carbonyl (C=O) groups excluding carboxylic acids is 2. The molecule has 5 N–H and O–H groups in total. The number of anilines is 2. The molecule has 2 amide bonds. The van der Waals surface area contributed by atoms with Crippen LogP contribution in [0.5, 0.6) is 0 Å². The molecular formula is C93H127N12O13PSi2. The maximum atomic E-state index is 13.6. The molecule has 0 aliphatic carbocycles. The van der Waals surface area contributed by atoms with E-state index < -0.39 is 96.6 Å². The number of fused-ring (bicyclic) bond motifs is 2. The lowest BCUT2D eigenvalue weighted by atomic mass is 9.79. The summed E-state index contributed by atoms with van der Waals surface area (Å²) in [7, 11) is -6.98. The highest BCUT2D eigenvalue weighted by molar-refractivity contribution is 7.44. The van der Waals surface area contributed by atoms with Gasteiger partial charge in [-0.1, -0.05) is 264 Å². The number of aromatic amines is 2. The molecule has 0 spiro atoms. The van der Waals surface area contributed by atoms with Crippen LogP contribution in [0, 0.1) is 50.9 Å². The Kier molecular flexibility index (Phi) is 31.3. The zero-order chi connectivity index (χ0) is 86.4. The minimum atomic E-state index is -2.65. The van der Waals surface area contributed by atoms with Crippen LogP contribution in [0.3, 0.4) is 0 Å². The van der Waals surface area contributed by atoms with Crippen molar-refractivity contribution in [1.82, 2.24) is 43.7 Å². The van der Waals surface area contributed by atoms with Gasteiger partial charge >= 0.3 is 0 Å². The molecule has 0 radical (unpaired) electrons. The number of benzene rings is 6. The molecule has 6 aromatic carbocycles. The molecule has 4 aromatic heterocycles. The van der Waals surface area contributed by atoms with Gasteiger partial charge in [-0.15, -0.1) is 0 Å². The SMILES string of the molecule is C.C.Cc1ccc(C(OC[C@H]2O[C@@H](n3cnc4c(=O)[nH]c(NC(=O)C(C)C)nc43)C(O)[C@H]2O[Si](C)(C)C(C)(C)C)(c2ccccc2)c2ccc(C)cc2)cc1.Cc1ccc(C(OC[C@H]2O[C@@H](n3cnc4c(=O)[nH]c(NC(=O)C(C)C)nc43)C(OP(OCCC#N)N(C(C)C)C(C)C)[C@H]2O[Si](C)(C)C(C)(C)C)(c2ccccc2)c2ccc(C)cc2)cc1. The van der Waals surface area contributed by atoms with E-state index in [1.165, 1.54) is 17.2 Å². The number of aliphatic hydroxyl groups excluding tert-OH is 1. The van der Waals surface area contributed by atoms with Gasteiger partial charge in [-0.2, -0.15) is 15.2 Å². The van der Waals surface area contributed by atoms with Crippen LogP contribution in [0.4, 0.5) is 11.9 Å². The van der Waals surface area contributed by atoms with Crippen molar-refractivity contribution in [2.75, 3.05) is 30.5 Å². The van der Waals surface area contributed by atoms with E-state index >= 15 is 0 Å². The summed E-state index contributed by atoms with van der Waals surface area (Å²) in [4.78, 5) is 75.5. The van der Waals surface area contributed by atoms with E-state index in [9.17, 15) is 29.5 Å². The number of imidazole rings is 2. The molecular weight excluding hydrogens is 1580 g/mol. The summed E-state index contributed by atoms with van der Waals surface area (Å²) in [5, 5.41) is 26.8. The molecule has 9 atom stereocenters. The Bertz CT molecular complexity index is 5160. The van der Waals surface area contributed by atoms with Crippen molar-refractivity contribution in [3.8, 4) is 6.07 Å². The molecule has 0 bridgehead atoms. The fraction of sp³-hybridized carbons (Fsp3) is 0.473. The highest BCUT2D eigenvalue weighted by Crippen LogP contribution is 2.54. The molecule has 25 nitrogen and oxygen atoms in total. The Labute approximate surface area is 717 Å². The van der Waals surface area contributed by atoms with Crippen molar-refractivity contribution in [3.63, 3.8) is 0 Å². The number of aromatic nitrogens is 8. The minimum Gasteiger partial charge on any atom is -0.408 e. The third-order valence-corrected chi connectivity index (χ3v) is 34.1. The van der Waals surface area contributed by atoms with E-state index in [4.69, 9.17) is 41.8 Å². The molecule has 2 aliphatic heterocycles. The van der Waals surface area contributed by atoms with Crippen molar-refractivity contribution in [2.24, 2.45) is 11.8 Å². The van der Waals surface area contributed by atoms with Gasteiger partial charge in [-0.05, 0) is 125 Å². The van der Waals surface area contributed by atoms with Gasteiger partial charge in [0.15, 0.2) is 51.4 Å². The van der Waals surface area contributed by atoms with Gasteiger partial charge in [0.1, 0.15) is 47.8 Å². The van der Waals surface area contributed by atoms with E-state index in [1.807, 2.05) is 36.4 Å². The second-order valence-electron chi connectivity index (χ2n) is 35.4. The maximum absolute atomic E-state index is 13.6. The Balaban J connectivity index is 0.000000277. The van der Waals surface area contributed by atoms with E-state index in [2.05, 4.69) is 291 Å². The predicted octanol–water partition coefficient (Wildman–Crippen LogP) is 18.5. The lowest BCUT2D eigenvalue weighted by molar-refractivity contribution is -0.119. The van der Waals surface area contributed by atoms with E-state index in [0.717, 1.165) is 55.6 Å². The number of nitriles is 1. The Morgan fingerprint density at radius 1 is 0.537 bits per heavy atom. The first-order chi connectivity index (χ1) is 56.2. The molecule has 3 unspecified atom stereocenters. The van der Waals surface area contributed by atoms with E-state index in [0.29, 0.717) is 0 Å². The second kappa shape index (κ2) is 39.6.